The summed E-state index contributed by atoms with van der Waals surface area (Å²) in [4.78, 5) is 42.1. The maximum absolute atomic E-state index is 13.3. The predicted octanol–water partition coefficient (Wildman–Crippen LogP) is 3.93. The average molecular weight is 455 g/mol. The van der Waals surface area contributed by atoms with Gasteiger partial charge < -0.3 is 9.64 Å². The number of nitrogens with zero attached hydrogens (tertiary/aromatic N) is 2. The summed E-state index contributed by atoms with van der Waals surface area (Å²) in [5.41, 5.74) is 2.29. The number of benzene rings is 2. The highest BCUT2D eigenvalue weighted by Crippen LogP contribution is 2.44. The maximum Gasteiger partial charge on any atom is 0.262 e. The second-order valence-electron chi connectivity index (χ2n) is 7.17. The molecule has 0 bridgehead atoms. The van der Waals surface area contributed by atoms with Gasteiger partial charge in [-0.1, -0.05) is 28.1 Å². The van der Waals surface area contributed by atoms with Crippen molar-refractivity contribution in [2.45, 2.75) is 26.3 Å². The molecule has 0 aromatic heterocycles. The van der Waals surface area contributed by atoms with Crippen LogP contribution in [0.5, 0.6) is 5.75 Å². The van der Waals surface area contributed by atoms with Crippen LogP contribution >= 0.6 is 15.9 Å². The lowest BCUT2D eigenvalue weighted by Crippen LogP contribution is -2.34. The Bertz CT molecular complexity index is 1090. The number of hydrogen-bond acceptors (Lipinski definition) is 4. The van der Waals surface area contributed by atoms with E-state index in [2.05, 4.69) is 15.9 Å². The molecule has 29 heavy (non-hydrogen) atoms. The van der Waals surface area contributed by atoms with Gasteiger partial charge in [0.05, 0.1) is 30.5 Å². The quantitative estimate of drug-likeness (QED) is 0.520. The maximum atomic E-state index is 13.3. The van der Waals surface area contributed by atoms with E-state index < -0.39 is 5.91 Å². The van der Waals surface area contributed by atoms with Gasteiger partial charge in [-0.25, -0.2) is 4.90 Å². The summed E-state index contributed by atoms with van der Waals surface area (Å²) >= 11 is 3.44. The number of halogens is 1. The molecule has 0 unspecified atom stereocenters. The number of carbonyl (C=O) groups is 3. The minimum Gasteiger partial charge on any atom is -0.495 e. The van der Waals surface area contributed by atoms with Crippen LogP contribution in [-0.2, 0) is 14.4 Å². The van der Waals surface area contributed by atoms with Gasteiger partial charge in [0, 0.05) is 21.7 Å². The van der Waals surface area contributed by atoms with Crippen LogP contribution in [0, 0.1) is 0 Å². The second kappa shape index (κ2) is 7.15. The minimum atomic E-state index is -0.487. The first-order valence-corrected chi connectivity index (χ1v) is 10.0. The Balaban J connectivity index is 1.88. The lowest BCUT2D eigenvalue weighted by atomic mass is 10.00. The van der Waals surface area contributed by atoms with E-state index in [4.69, 9.17) is 4.74 Å². The van der Waals surface area contributed by atoms with Gasteiger partial charge in [0.1, 0.15) is 5.75 Å². The predicted molar refractivity (Wildman–Crippen MR) is 114 cm³/mol. The molecule has 6 nitrogen and oxygen atoms in total. The highest BCUT2D eigenvalue weighted by molar-refractivity contribution is 9.10. The number of para-hydroxylation sites is 2. The van der Waals surface area contributed by atoms with Gasteiger partial charge in [-0.05, 0) is 44.2 Å². The highest BCUT2D eigenvalue weighted by atomic mass is 79.9. The van der Waals surface area contributed by atoms with Crippen LogP contribution in [0.4, 0.5) is 11.4 Å². The lowest BCUT2D eigenvalue weighted by molar-refractivity contribution is -0.121. The third-order valence-corrected chi connectivity index (χ3v) is 5.60. The monoisotopic (exact) mass is 454 g/mol. The summed E-state index contributed by atoms with van der Waals surface area (Å²) in [5, 5.41) is 0. The summed E-state index contributed by atoms with van der Waals surface area (Å²) in [7, 11) is 1.48. The van der Waals surface area contributed by atoms with E-state index in [1.807, 2.05) is 32.0 Å². The molecule has 148 valence electrons. The number of hydrogen-bond donors (Lipinski definition) is 0. The molecular formula is C22H19BrN2O4. The SMILES string of the molecule is COc1ccccc1N1C(=O)C/C(=C2/C(=O)N(C(C)C)c3ccc(Br)cc32)C1=O. The fourth-order valence-electron chi connectivity index (χ4n) is 3.88. The number of amides is 3. The summed E-state index contributed by atoms with van der Waals surface area (Å²) in [5.74, 6) is -0.704. The van der Waals surface area contributed by atoms with Crippen molar-refractivity contribution in [3.8, 4) is 5.75 Å². The third-order valence-electron chi connectivity index (χ3n) is 5.10. The second-order valence-corrected chi connectivity index (χ2v) is 8.08. The number of imide groups is 1. The van der Waals surface area contributed by atoms with Crippen LogP contribution < -0.4 is 14.5 Å². The molecule has 1 fully saturated rings. The Morgan fingerprint density at radius 2 is 1.72 bits per heavy atom. The van der Waals surface area contributed by atoms with Crippen molar-refractivity contribution in [3.63, 3.8) is 0 Å². The van der Waals surface area contributed by atoms with E-state index in [1.54, 1.807) is 29.2 Å². The van der Waals surface area contributed by atoms with Crippen molar-refractivity contribution >= 4 is 50.6 Å². The largest absolute Gasteiger partial charge is 0.495 e. The molecule has 2 heterocycles. The zero-order valence-corrected chi connectivity index (χ0v) is 17.8. The Morgan fingerprint density at radius 1 is 1.00 bits per heavy atom. The summed E-state index contributed by atoms with van der Waals surface area (Å²) < 4.78 is 6.11. The first kappa shape index (κ1) is 19.4. The van der Waals surface area contributed by atoms with Crippen LogP contribution in [0.2, 0.25) is 0 Å². The van der Waals surface area contributed by atoms with E-state index in [0.717, 1.165) is 15.1 Å². The summed E-state index contributed by atoms with van der Waals surface area (Å²) in [6, 6.07) is 12.3. The van der Waals surface area contributed by atoms with Crippen molar-refractivity contribution in [1.82, 2.24) is 0 Å². The van der Waals surface area contributed by atoms with Crippen LogP contribution in [0.25, 0.3) is 5.57 Å². The van der Waals surface area contributed by atoms with Gasteiger partial charge in [-0.3, -0.25) is 14.4 Å². The Hall–Kier alpha value is -2.93. The molecule has 3 amide bonds. The van der Waals surface area contributed by atoms with Gasteiger partial charge in [0.2, 0.25) is 5.91 Å². The highest BCUT2D eigenvalue weighted by Gasteiger charge is 2.44. The fraction of sp³-hybridized carbons (Fsp3) is 0.227. The van der Waals surface area contributed by atoms with Crippen molar-refractivity contribution in [1.29, 1.82) is 0 Å². The Labute approximate surface area is 176 Å². The fourth-order valence-corrected chi connectivity index (χ4v) is 4.24. The topological polar surface area (TPSA) is 66.9 Å². The summed E-state index contributed by atoms with van der Waals surface area (Å²) in [6.07, 6.45) is -0.129. The van der Waals surface area contributed by atoms with Crippen molar-refractivity contribution in [2.24, 2.45) is 0 Å². The van der Waals surface area contributed by atoms with E-state index in [0.29, 0.717) is 22.6 Å². The van der Waals surface area contributed by atoms with E-state index in [1.165, 1.54) is 7.11 Å². The van der Waals surface area contributed by atoms with Gasteiger partial charge in [0.15, 0.2) is 0 Å². The number of fused-ring (bicyclic) bond motifs is 1. The van der Waals surface area contributed by atoms with Gasteiger partial charge in [-0.15, -0.1) is 0 Å². The summed E-state index contributed by atoms with van der Waals surface area (Å²) in [6.45, 7) is 3.83. The molecule has 2 aliphatic heterocycles. The van der Waals surface area contributed by atoms with Crippen LogP contribution in [0.1, 0.15) is 25.8 Å². The normalized spacial score (nSPS) is 18.9. The number of rotatable bonds is 3. The van der Waals surface area contributed by atoms with Crippen LogP contribution in [0.3, 0.4) is 0 Å². The zero-order chi connectivity index (χ0) is 20.9. The molecule has 0 radical (unpaired) electrons. The standard InChI is InChI=1S/C22H19BrN2O4/c1-12(2)24-16-9-8-13(23)10-14(16)20(22(24)28)15-11-19(26)25(21(15)27)17-6-4-5-7-18(17)29-3/h4-10,12H,11H2,1-3H3/b20-15-. The minimum absolute atomic E-state index is 0.0851. The molecule has 1 saturated heterocycles. The van der Waals surface area contributed by atoms with Crippen LogP contribution in [0.15, 0.2) is 52.5 Å². The van der Waals surface area contributed by atoms with E-state index >= 15 is 0 Å². The van der Waals surface area contributed by atoms with Crippen molar-refractivity contribution in [2.75, 3.05) is 16.9 Å². The molecule has 2 aliphatic rings. The third kappa shape index (κ3) is 2.97. The van der Waals surface area contributed by atoms with Gasteiger partial charge in [-0.2, -0.15) is 0 Å². The molecule has 0 spiro atoms. The van der Waals surface area contributed by atoms with Crippen LogP contribution in [-0.4, -0.2) is 30.9 Å². The molecule has 0 saturated carbocycles. The smallest absolute Gasteiger partial charge is 0.262 e. The van der Waals surface area contributed by atoms with Gasteiger partial charge >= 0.3 is 0 Å². The molecule has 4 rings (SSSR count). The molecule has 2 aromatic rings. The lowest BCUT2D eigenvalue weighted by Gasteiger charge is -2.21. The van der Waals surface area contributed by atoms with Crippen molar-refractivity contribution in [3.05, 3.63) is 58.1 Å². The number of anilines is 2. The molecule has 2 aromatic carbocycles. The van der Waals surface area contributed by atoms with E-state index in [-0.39, 0.29) is 29.9 Å². The van der Waals surface area contributed by atoms with Crippen molar-refractivity contribution < 1.29 is 19.1 Å². The zero-order valence-electron chi connectivity index (χ0n) is 16.2. The number of ether oxygens (including phenoxy) is 1. The van der Waals surface area contributed by atoms with Gasteiger partial charge in [0.25, 0.3) is 11.8 Å². The Kier molecular flexibility index (Phi) is 4.78. The first-order valence-electron chi connectivity index (χ1n) is 9.22. The molecule has 0 N–H and O–H groups in total. The molecule has 7 heteroatoms. The first-order chi connectivity index (χ1) is 13.8. The number of methoxy groups -OCH3 is 1. The Morgan fingerprint density at radius 3 is 2.41 bits per heavy atom. The average Bonchev–Trinajstić information content (AvgIpc) is 3.13. The van der Waals surface area contributed by atoms with E-state index in [9.17, 15) is 14.4 Å². The number of carbonyl (C=O) groups excluding carboxylic acids is 3. The molecule has 0 aliphatic carbocycles. The molecular weight excluding hydrogens is 436 g/mol. The molecule has 0 atom stereocenters.